The first-order valence-corrected chi connectivity index (χ1v) is 6.74. The van der Waals surface area contributed by atoms with Crippen LogP contribution in [0.15, 0.2) is 12.1 Å². The molecule has 0 atom stereocenters. The number of aromatic hydroxyl groups is 1. The van der Waals surface area contributed by atoms with Crippen molar-refractivity contribution in [3.8, 4) is 5.75 Å². The van der Waals surface area contributed by atoms with Gasteiger partial charge in [-0.15, -0.1) is 0 Å². The number of ketones is 1. The maximum atomic E-state index is 9.56. The quantitative estimate of drug-likeness (QED) is 0.895. The summed E-state index contributed by atoms with van der Waals surface area (Å²) in [6, 6.07) is 3.95. The van der Waals surface area contributed by atoms with Crippen LogP contribution in [0, 0.1) is 20.8 Å². The lowest BCUT2D eigenvalue weighted by Crippen LogP contribution is -1.93. The van der Waals surface area contributed by atoms with Crippen LogP contribution in [-0.2, 0) is 9.53 Å². The lowest BCUT2D eigenvalue weighted by atomic mass is 10.1. The van der Waals surface area contributed by atoms with Gasteiger partial charge in [0.25, 0.3) is 0 Å². The Morgan fingerprint density at radius 1 is 1.10 bits per heavy atom. The molecule has 0 radical (unpaired) electrons. The maximum absolute atomic E-state index is 9.56. The Balaban J connectivity index is 0. The number of aryl methyl sites for hydroxylation is 3. The Kier molecular flexibility index (Phi) is 13.2. The van der Waals surface area contributed by atoms with Gasteiger partial charge in [-0.1, -0.05) is 17.7 Å². The van der Waals surface area contributed by atoms with Gasteiger partial charge in [-0.3, -0.25) is 4.79 Å². The summed E-state index contributed by atoms with van der Waals surface area (Å²) in [7, 11) is 0. The van der Waals surface area contributed by atoms with Crippen LogP contribution in [0.4, 0.5) is 0 Å². The van der Waals surface area contributed by atoms with E-state index in [0.717, 1.165) is 24.3 Å². The van der Waals surface area contributed by atoms with Gasteiger partial charge < -0.3 is 14.9 Å². The molecule has 0 heterocycles. The second-order valence-corrected chi connectivity index (χ2v) is 4.39. The molecule has 0 aromatic heterocycles. The highest BCUT2D eigenvalue weighted by molar-refractivity contribution is 5.76. The van der Waals surface area contributed by atoms with Crippen LogP contribution in [0.25, 0.3) is 0 Å². The summed E-state index contributed by atoms with van der Waals surface area (Å²) >= 11 is 0. The first-order valence-electron chi connectivity index (χ1n) is 6.74. The third-order valence-electron chi connectivity index (χ3n) is 2.27. The second-order valence-electron chi connectivity index (χ2n) is 4.39. The molecule has 0 spiro atoms. The molecule has 20 heavy (non-hydrogen) atoms. The zero-order chi connectivity index (χ0) is 16.1. The SMILES string of the molecule is CC(=O)CO.CCOCC.Cc1cc(C)c(O)c(C)c1. The normalized spacial score (nSPS) is 8.95. The molecule has 0 aliphatic rings. The molecule has 0 aliphatic heterocycles. The highest BCUT2D eigenvalue weighted by Gasteiger charge is 1.98. The van der Waals surface area contributed by atoms with Crippen molar-refractivity contribution in [1.82, 2.24) is 0 Å². The minimum atomic E-state index is -0.333. The molecule has 4 nitrogen and oxygen atoms in total. The van der Waals surface area contributed by atoms with Crippen LogP contribution < -0.4 is 0 Å². The summed E-state index contributed by atoms with van der Waals surface area (Å²) in [5.74, 6) is 0.232. The molecule has 0 saturated carbocycles. The van der Waals surface area contributed by atoms with Crippen LogP contribution in [0.5, 0.6) is 5.75 Å². The number of benzene rings is 1. The number of hydrogen-bond acceptors (Lipinski definition) is 4. The van der Waals surface area contributed by atoms with Crippen molar-refractivity contribution in [3.63, 3.8) is 0 Å². The van der Waals surface area contributed by atoms with Gasteiger partial charge in [-0.25, -0.2) is 0 Å². The van der Waals surface area contributed by atoms with Gasteiger partial charge in [-0.2, -0.15) is 0 Å². The van der Waals surface area contributed by atoms with Crippen molar-refractivity contribution < 1.29 is 19.7 Å². The molecule has 0 fully saturated rings. The molecule has 1 aromatic rings. The summed E-state index contributed by atoms with van der Waals surface area (Å²) in [4.78, 5) is 9.56. The minimum Gasteiger partial charge on any atom is -0.507 e. The third kappa shape index (κ3) is 11.7. The van der Waals surface area contributed by atoms with Gasteiger partial charge in [0.1, 0.15) is 12.4 Å². The van der Waals surface area contributed by atoms with E-state index in [9.17, 15) is 9.90 Å². The number of carbonyl (C=O) groups excluding carboxylic acids is 1. The van der Waals surface area contributed by atoms with Crippen LogP contribution in [-0.4, -0.2) is 35.8 Å². The van der Waals surface area contributed by atoms with E-state index in [4.69, 9.17) is 9.84 Å². The third-order valence-corrected chi connectivity index (χ3v) is 2.27. The molecule has 0 aliphatic carbocycles. The first kappa shape index (κ1) is 20.9. The van der Waals surface area contributed by atoms with Crippen molar-refractivity contribution in [2.24, 2.45) is 0 Å². The number of phenols is 1. The molecule has 0 unspecified atom stereocenters. The fourth-order valence-electron chi connectivity index (χ4n) is 1.38. The average molecular weight is 284 g/mol. The Labute approximate surface area is 122 Å². The van der Waals surface area contributed by atoms with Crippen molar-refractivity contribution in [1.29, 1.82) is 0 Å². The Bertz CT molecular complexity index is 361. The molecular formula is C16H28O4. The van der Waals surface area contributed by atoms with E-state index < -0.39 is 0 Å². The van der Waals surface area contributed by atoms with Gasteiger partial charge in [0.15, 0.2) is 5.78 Å². The molecular weight excluding hydrogens is 256 g/mol. The van der Waals surface area contributed by atoms with Crippen LogP contribution >= 0.6 is 0 Å². The van der Waals surface area contributed by atoms with E-state index >= 15 is 0 Å². The fraction of sp³-hybridized carbons (Fsp3) is 0.562. The molecule has 1 aromatic carbocycles. The Morgan fingerprint density at radius 2 is 1.45 bits per heavy atom. The molecule has 4 heteroatoms. The topological polar surface area (TPSA) is 66.8 Å². The fourth-order valence-corrected chi connectivity index (χ4v) is 1.38. The summed E-state index contributed by atoms with van der Waals surface area (Å²) in [6.07, 6.45) is 0. The monoisotopic (exact) mass is 284 g/mol. The number of aliphatic hydroxyl groups is 1. The van der Waals surface area contributed by atoms with E-state index in [-0.39, 0.29) is 12.4 Å². The van der Waals surface area contributed by atoms with Crippen molar-refractivity contribution >= 4 is 5.78 Å². The lowest BCUT2D eigenvalue weighted by molar-refractivity contribution is -0.119. The van der Waals surface area contributed by atoms with Crippen molar-refractivity contribution in [2.75, 3.05) is 19.8 Å². The highest BCUT2D eigenvalue weighted by Crippen LogP contribution is 2.21. The van der Waals surface area contributed by atoms with Crippen molar-refractivity contribution in [3.05, 3.63) is 28.8 Å². The zero-order valence-corrected chi connectivity index (χ0v) is 13.5. The average Bonchev–Trinajstić information content (AvgIpc) is 2.38. The summed E-state index contributed by atoms with van der Waals surface area (Å²) in [5, 5.41) is 17.1. The van der Waals surface area contributed by atoms with Crippen LogP contribution in [0.2, 0.25) is 0 Å². The van der Waals surface area contributed by atoms with Gasteiger partial charge >= 0.3 is 0 Å². The molecule has 116 valence electrons. The van der Waals surface area contributed by atoms with Crippen LogP contribution in [0.1, 0.15) is 37.5 Å². The number of rotatable bonds is 3. The highest BCUT2D eigenvalue weighted by atomic mass is 16.5. The smallest absolute Gasteiger partial charge is 0.155 e. The van der Waals surface area contributed by atoms with E-state index in [0.29, 0.717) is 5.75 Å². The number of Topliss-reactive ketones (excluding diaryl/α,β-unsaturated/α-hetero) is 1. The van der Waals surface area contributed by atoms with E-state index in [1.54, 1.807) is 0 Å². The molecule has 0 amide bonds. The number of ether oxygens (including phenoxy) is 1. The summed E-state index contributed by atoms with van der Waals surface area (Å²) in [5.41, 5.74) is 3.11. The molecule has 2 N–H and O–H groups in total. The summed E-state index contributed by atoms with van der Waals surface area (Å²) in [6.45, 7) is 12.5. The van der Waals surface area contributed by atoms with E-state index in [2.05, 4.69) is 0 Å². The van der Waals surface area contributed by atoms with Crippen molar-refractivity contribution in [2.45, 2.75) is 41.5 Å². The number of carbonyl (C=O) groups is 1. The summed E-state index contributed by atoms with van der Waals surface area (Å²) < 4.78 is 4.83. The maximum Gasteiger partial charge on any atom is 0.155 e. The van der Waals surface area contributed by atoms with Gasteiger partial charge in [0.05, 0.1) is 0 Å². The largest absolute Gasteiger partial charge is 0.507 e. The lowest BCUT2D eigenvalue weighted by Gasteiger charge is -2.03. The Morgan fingerprint density at radius 3 is 1.65 bits per heavy atom. The number of phenolic OH excluding ortho intramolecular Hbond substituents is 1. The van der Waals surface area contributed by atoms with Gasteiger partial charge in [0.2, 0.25) is 0 Å². The van der Waals surface area contributed by atoms with Gasteiger partial charge in [0, 0.05) is 13.2 Å². The molecule has 0 saturated heterocycles. The van der Waals surface area contributed by atoms with Gasteiger partial charge in [-0.05, 0) is 52.7 Å². The standard InChI is InChI=1S/C9H12O.C4H10O.C3H6O2/c1-6-4-7(2)9(10)8(3)5-6;1-3-5-4-2;1-3(5)2-4/h4-5,10H,1-3H3;3-4H2,1-2H3;4H,2H2,1H3. The number of aliphatic hydroxyl groups excluding tert-OH is 1. The number of hydrogen-bond donors (Lipinski definition) is 2. The van der Waals surface area contributed by atoms with E-state index in [1.807, 2.05) is 46.8 Å². The molecule has 0 bridgehead atoms. The molecule has 1 rings (SSSR count). The minimum absolute atomic E-state index is 0.190. The van der Waals surface area contributed by atoms with Crippen LogP contribution in [0.3, 0.4) is 0 Å². The Hall–Kier alpha value is -1.39. The van der Waals surface area contributed by atoms with E-state index in [1.165, 1.54) is 12.5 Å². The first-order chi connectivity index (χ1) is 9.29. The predicted molar refractivity (Wildman–Crippen MR) is 82.3 cm³/mol. The zero-order valence-electron chi connectivity index (χ0n) is 13.5. The second kappa shape index (κ2) is 12.6. The predicted octanol–water partition coefficient (Wildman–Crippen LogP) is 2.93.